The van der Waals surface area contributed by atoms with E-state index in [-0.39, 0.29) is 30.9 Å². The molecule has 202 valence electrons. The molecule has 3 rings (SSSR count). The molecule has 0 bridgehead atoms. The van der Waals surface area contributed by atoms with E-state index in [1.807, 2.05) is 52.0 Å². The number of aryl methyl sites for hydroxylation is 1. The predicted octanol–water partition coefficient (Wildman–Crippen LogP) is 3.46. The molecule has 0 unspecified atom stereocenters. The fourth-order valence-electron chi connectivity index (χ4n) is 3.99. The number of nitrogens with one attached hydrogen (secondary N) is 1. The Morgan fingerprint density at radius 1 is 1.03 bits per heavy atom. The summed E-state index contributed by atoms with van der Waals surface area (Å²) in [5.74, 6) is 0.249. The van der Waals surface area contributed by atoms with E-state index in [2.05, 4.69) is 5.32 Å². The van der Waals surface area contributed by atoms with Crippen LogP contribution < -0.4 is 19.1 Å². The van der Waals surface area contributed by atoms with Crippen LogP contribution in [0.4, 0.5) is 5.69 Å². The Kier molecular flexibility index (Phi) is 9.42. The fourth-order valence-corrected chi connectivity index (χ4v) is 5.05. The Bertz CT molecular complexity index is 1200. The maximum absolute atomic E-state index is 13.8. The van der Waals surface area contributed by atoms with Crippen LogP contribution in [0.1, 0.15) is 45.2 Å². The second kappa shape index (κ2) is 12.3. The fraction of sp³-hybridized carbons (Fsp3) is 0.481. The second-order valence-electron chi connectivity index (χ2n) is 9.52. The highest BCUT2D eigenvalue weighted by molar-refractivity contribution is 7.92. The minimum Gasteiger partial charge on any atom is -0.454 e. The molecule has 2 amide bonds. The van der Waals surface area contributed by atoms with Crippen LogP contribution in [0.25, 0.3) is 0 Å². The summed E-state index contributed by atoms with van der Waals surface area (Å²) in [7, 11) is -3.82. The minimum absolute atomic E-state index is 0.0479. The van der Waals surface area contributed by atoms with Crippen LogP contribution in [-0.4, -0.2) is 56.8 Å². The molecular weight excluding hydrogens is 494 g/mol. The highest BCUT2D eigenvalue weighted by Gasteiger charge is 2.33. The van der Waals surface area contributed by atoms with Crippen molar-refractivity contribution in [3.05, 3.63) is 53.6 Å². The Morgan fingerprint density at radius 2 is 1.70 bits per heavy atom. The third-order valence-electron chi connectivity index (χ3n) is 6.17. The lowest BCUT2D eigenvalue weighted by molar-refractivity contribution is -0.140. The number of ether oxygens (including phenoxy) is 2. The van der Waals surface area contributed by atoms with Gasteiger partial charge in [0.25, 0.3) is 0 Å². The molecule has 9 nitrogen and oxygen atoms in total. The van der Waals surface area contributed by atoms with Gasteiger partial charge in [0.15, 0.2) is 11.5 Å². The van der Waals surface area contributed by atoms with Crippen LogP contribution in [0.3, 0.4) is 0 Å². The maximum Gasteiger partial charge on any atom is 0.244 e. The third-order valence-corrected chi connectivity index (χ3v) is 7.91. The Labute approximate surface area is 219 Å². The second-order valence-corrected chi connectivity index (χ2v) is 11.7. The first-order chi connectivity index (χ1) is 17.6. The molecule has 0 saturated heterocycles. The lowest BCUT2D eigenvalue weighted by Gasteiger charge is -2.33. The summed E-state index contributed by atoms with van der Waals surface area (Å²) < 4.78 is 38.1. The third kappa shape index (κ3) is 7.15. The lowest BCUT2D eigenvalue weighted by atomic mass is 10.1. The zero-order valence-electron chi connectivity index (χ0n) is 22.2. The molecule has 2 aromatic rings. The van der Waals surface area contributed by atoms with Gasteiger partial charge in [-0.25, -0.2) is 8.42 Å². The number of hydrogen-bond donors (Lipinski definition) is 1. The van der Waals surface area contributed by atoms with Crippen molar-refractivity contribution in [1.29, 1.82) is 0 Å². The van der Waals surface area contributed by atoms with Crippen LogP contribution >= 0.6 is 0 Å². The molecule has 1 heterocycles. The van der Waals surface area contributed by atoms with Gasteiger partial charge in [-0.15, -0.1) is 0 Å². The molecule has 1 atom stereocenters. The molecule has 1 N–H and O–H groups in total. The normalized spacial score (nSPS) is 13.4. The summed E-state index contributed by atoms with van der Waals surface area (Å²) in [6.45, 7) is 9.58. The standard InChI is InChI=1S/C27H37N3O6S/c1-6-23(27(32)28-15-19(3)4)29(16-21-10-8-20(5)9-11-21)26(31)17-30(37(33,34)7-2)22-12-13-24-25(14-22)36-18-35-24/h8-14,19,23H,6-7,15-18H2,1-5H3,(H,28,32)/t23-/m0/s1. The summed E-state index contributed by atoms with van der Waals surface area (Å²) in [6.07, 6.45) is 0.381. The number of fused-ring (bicyclic) bond motifs is 1. The van der Waals surface area contributed by atoms with Gasteiger partial charge in [-0.1, -0.05) is 50.6 Å². The molecule has 2 aromatic carbocycles. The van der Waals surface area contributed by atoms with E-state index in [4.69, 9.17) is 9.47 Å². The molecule has 0 saturated carbocycles. The summed E-state index contributed by atoms with van der Waals surface area (Å²) in [5, 5.41) is 2.92. The van der Waals surface area contributed by atoms with Gasteiger partial charge in [-0.3, -0.25) is 13.9 Å². The quantitative estimate of drug-likeness (QED) is 0.450. The van der Waals surface area contributed by atoms with Crippen molar-refractivity contribution in [2.45, 2.75) is 53.6 Å². The highest BCUT2D eigenvalue weighted by atomic mass is 32.2. The van der Waals surface area contributed by atoms with E-state index in [0.29, 0.717) is 30.2 Å². The number of sulfonamides is 1. The topological polar surface area (TPSA) is 105 Å². The van der Waals surface area contributed by atoms with Gasteiger partial charge in [0, 0.05) is 19.2 Å². The molecule has 0 fully saturated rings. The number of anilines is 1. The number of carbonyl (C=O) groups excluding carboxylic acids is 2. The molecule has 1 aliphatic heterocycles. The van der Waals surface area contributed by atoms with Crippen LogP contribution in [0, 0.1) is 12.8 Å². The molecule has 0 aromatic heterocycles. The van der Waals surface area contributed by atoms with E-state index in [1.165, 1.54) is 11.8 Å². The number of rotatable bonds is 12. The van der Waals surface area contributed by atoms with Gasteiger partial charge in [-0.2, -0.15) is 0 Å². The minimum atomic E-state index is -3.82. The monoisotopic (exact) mass is 531 g/mol. The molecular formula is C27H37N3O6S. The smallest absolute Gasteiger partial charge is 0.244 e. The zero-order chi connectivity index (χ0) is 27.2. The van der Waals surface area contributed by atoms with Crippen molar-refractivity contribution in [2.24, 2.45) is 5.92 Å². The van der Waals surface area contributed by atoms with Gasteiger partial charge in [0.1, 0.15) is 12.6 Å². The molecule has 10 heteroatoms. The lowest BCUT2D eigenvalue weighted by Crippen LogP contribution is -2.52. The SMILES string of the molecule is CC[C@@H](C(=O)NCC(C)C)N(Cc1ccc(C)cc1)C(=O)CN(c1ccc2c(c1)OCO2)S(=O)(=O)CC. The first-order valence-electron chi connectivity index (χ1n) is 12.6. The van der Waals surface area contributed by atoms with Gasteiger partial charge < -0.3 is 19.7 Å². The van der Waals surface area contributed by atoms with Gasteiger partial charge in [0.2, 0.25) is 28.6 Å². The van der Waals surface area contributed by atoms with E-state index < -0.39 is 28.5 Å². The summed E-state index contributed by atoms with van der Waals surface area (Å²) in [5.41, 5.74) is 2.22. The number of amides is 2. The van der Waals surface area contributed by atoms with Gasteiger partial charge in [0.05, 0.1) is 11.4 Å². The Balaban J connectivity index is 1.95. The number of benzene rings is 2. The first-order valence-corrected chi connectivity index (χ1v) is 14.2. The van der Waals surface area contributed by atoms with Crippen molar-refractivity contribution in [3.63, 3.8) is 0 Å². The van der Waals surface area contributed by atoms with Crippen molar-refractivity contribution in [2.75, 3.05) is 29.9 Å². The highest BCUT2D eigenvalue weighted by Crippen LogP contribution is 2.36. The van der Waals surface area contributed by atoms with Gasteiger partial charge in [-0.05, 0) is 43.9 Å². The summed E-state index contributed by atoms with van der Waals surface area (Å²) in [4.78, 5) is 28.4. The van der Waals surface area contributed by atoms with Crippen molar-refractivity contribution >= 4 is 27.5 Å². The van der Waals surface area contributed by atoms with Crippen molar-refractivity contribution in [1.82, 2.24) is 10.2 Å². The average Bonchev–Trinajstić information content (AvgIpc) is 3.34. The largest absolute Gasteiger partial charge is 0.454 e. The maximum atomic E-state index is 13.8. The first kappa shape index (κ1) is 28.3. The van der Waals surface area contributed by atoms with Crippen LogP contribution in [-0.2, 0) is 26.2 Å². The Hall–Kier alpha value is -3.27. The number of hydrogen-bond acceptors (Lipinski definition) is 6. The average molecular weight is 532 g/mol. The summed E-state index contributed by atoms with van der Waals surface area (Å²) in [6, 6.07) is 11.7. The van der Waals surface area contributed by atoms with E-state index in [1.54, 1.807) is 18.2 Å². The van der Waals surface area contributed by atoms with E-state index in [9.17, 15) is 18.0 Å². The zero-order valence-corrected chi connectivity index (χ0v) is 23.0. The van der Waals surface area contributed by atoms with Crippen LogP contribution in [0.2, 0.25) is 0 Å². The molecule has 0 spiro atoms. The van der Waals surface area contributed by atoms with Crippen molar-refractivity contribution in [3.8, 4) is 11.5 Å². The summed E-state index contributed by atoms with van der Waals surface area (Å²) >= 11 is 0. The molecule has 1 aliphatic rings. The van der Waals surface area contributed by atoms with Crippen LogP contribution in [0.5, 0.6) is 11.5 Å². The molecule has 37 heavy (non-hydrogen) atoms. The number of nitrogens with zero attached hydrogens (tertiary/aromatic N) is 2. The van der Waals surface area contributed by atoms with Crippen LogP contribution in [0.15, 0.2) is 42.5 Å². The Morgan fingerprint density at radius 3 is 2.32 bits per heavy atom. The molecule has 0 aliphatic carbocycles. The van der Waals surface area contributed by atoms with E-state index >= 15 is 0 Å². The van der Waals surface area contributed by atoms with Crippen molar-refractivity contribution < 1.29 is 27.5 Å². The van der Waals surface area contributed by atoms with E-state index in [0.717, 1.165) is 15.4 Å². The molecule has 0 radical (unpaired) electrons. The predicted molar refractivity (Wildman–Crippen MR) is 143 cm³/mol. The van der Waals surface area contributed by atoms with Gasteiger partial charge >= 0.3 is 0 Å². The number of carbonyl (C=O) groups is 2.